The van der Waals surface area contributed by atoms with E-state index in [1.165, 1.54) is 0 Å². The molecule has 0 bridgehead atoms. The van der Waals surface area contributed by atoms with E-state index in [1.807, 2.05) is 0 Å². The van der Waals surface area contributed by atoms with Gasteiger partial charge in [0.1, 0.15) is 5.82 Å². The van der Waals surface area contributed by atoms with Gasteiger partial charge in [-0.05, 0) is 6.42 Å². The van der Waals surface area contributed by atoms with Crippen LogP contribution in [0.25, 0.3) is 0 Å². The second-order valence-electron chi connectivity index (χ2n) is 3.64. The summed E-state index contributed by atoms with van der Waals surface area (Å²) in [5, 5.41) is 6.72. The van der Waals surface area contributed by atoms with Crippen molar-refractivity contribution in [1.82, 2.24) is 9.78 Å². The summed E-state index contributed by atoms with van der Waals surface area (Å²) in [7, 11) is 1.78. The van der Waals surface area contributed by atoms with Gasteiger partial charge < -0.3 is 11.1 Å². The molecule has 0 saturated carbocycles. The van der Waals surface area contributed by atoms with Gasteiger partial charge in [0, 0.05) is 25.6 Å². The number of hydrogen-bond donors (Lipinski definition) is 2. The highest BCUT2D eigenvalue weighted by atomic mass is 16.1. The summed E-state index contributed by atoms with van der Waals surface area (Å²) in [6.07, 6.45) is 3.87. The molecule has 1 aromatic rings. The maximum absolute atomic E-state index is 11.5. The van der Waals surface area contributed by atoms with Crippen molar-refractivity contribution in [2.45, 2.75) is 32.2 Å². The molecule has 5 heteroatoms. The van der Waals surface area contributed by atoms with E-state index in [-0.39, 0.29) is 11.9 Å². The van der Waals surface area contributed by atoms with Gasteiger partial charge in [0.2, 0.25) is 5.91 Å². The van der Waals surface area contributed by atoms with Crippen molar-refractivity contribution in [3.63, 3.8) is 0 Å². The first-order chi connectivity index (χ1) is 7.13. The van der Waals surface area contributed by atoms with Gasteiger partial charge in [0.05, 0.1) is 6.20 Å². The van der Waals surface area contributed by atoms with Gasteiger partial charge in [0.25, 0.3) is 0 Å². The van der Waals surface area contributed by atoms with Crippen LogP contribution in [0.5, 0.6) is 0 Å². The molecule has 0 aliphatic carbocycles. The molecule has 0 spiro atoms. The molecule has 15 heavy (non-hydrogen) atoms. The summed E-state index contributed by atoms with van der Waals surface area (Å²) in [4.78, 5) is 11.5. The number of carbonyl (C=O) groups excluding carboxylic acids is 1. The summed E-state index contributed by atoms with van der Waals surface area (Å²) in [6.45, 7) is 2.05. The fourth-order valence-electron chi connectivity index (χ4n) is 1.40. The van der Waals surface area contributed by atoms with E-state index < -0.39 is 0 Å². The molecule has 5 nitrogen and oxygen atoms in total. The summed E-state index contributed by atoms with van der Waals surface area (Å²) >= 11 is 0. The van der Waals surface area contributed by atoms with E-state index >= 15 is 0 Å². The lowest BCUT2D eigenvalue weighted by Crippen LogP contribution is -2.27. The number of anilines is 1. The molecule has 3 N–H and O–H groups in total. The van der Waals surface area contributed by atoms with E-state index in [0.717, 1.165) is 12.8 Å². The van der Waals surface area contributed by atoms with Crippen molar-refractivity contribution in [2.24, 2.45) is 12.8 Å². The average Bonchev–Trinajstić information content (AvgIpc) is 2.52. The van der Waals surface area contributed by atoms with Crippen LogP contribution in [0.2, 0.25) is 0 Å². The van der Waals surface area contributed by atoms with Crippen molar-refractivity contribution >= 4 is 11.7 Å². The molecular formula is C10H18N4O. The molecule has 0 aromatic carbocycles. The molecule has 0 aliphatic heterocycles. The van der Waals surface area contributed by atoms with E-state index in [2.05, 4.69) is 17.3 Å². The maximum atomic E-state index is 11.5. The van der Waals surface area contributed by atoms with Gasteiger partial charge in [0.15, 0.2) is 0 Å². The first-order valence-electron chi connectivity index (χ1n) is 5.17. The van der Waals surface area contributed by atoms with Crippen LogP contribution in [-0.2, 0) is 11.8 Å². The van der Waals surface area contributed by atoms with Crippen molar-refractivity contribution in [3.05, 3.63) is 12.3 Å². The highest BCUT2D eigenvalue weighted by Crippen LogP contribution is 2.05. The molecule has 0 aliphatic rings. The van der Waals surface area contributed by atoms with Crippen LogP contribution in [0.4, 0.5) is 5.82 Å². The average molecular weight is 210 g/mol. The third kappa shape index (κ3) is 3.71. The summed E-state index contributed by atoms with van der Waals surface area (Å²) in [5.41, 5.74) is 5.77. The molecule has 1 unspecified atom stereocenters. The smallest absolute Gasteiger partial charge is 0.227 e. The normalized spacial score (nSPS) is 12.5. The van der Waals surface area contributed by atoms with Crippen molar-refractivity contribution in [2.75, 3.05) is 5.32 Å². The number of nitrogens with one attached hydrogen (secondary N) is 1. The molecule has 1 atom stereocenters. The third-order valence-corrected chi connectivity index (χ3v) is 2.20. The molecule has 1 amide bonds. The second-order valence-corrected chi connectivity index (χ2v) is 3.64. The maximum Gasteiger partial charge on any atom is 0.227 e. The van der Waals surface area contributed by atoms with Crippen LogP contribution in [-0.4, -0.2) is 21.7 Å². The van der Waals surface area contributed by atoms with Gasteiger partial charge in [-0.25, -0.2) is 0 Å². The second kappa shape index (κ2) is 5.50. The molecule has 1 rings (SSSR count). The number of nitrogens with two attached hydrogens (primary N) is 1. The van der Waals surface area contributed by atoms with Crippen LogP contribution >= 0.6 is 0 Å². The minimum Gasteiger partial charge on any atom is -0.327 e. The lowest BCUT2D eigenvalue weighted by molar-refractivity contribution is -0.116. The third-order valence-electron chi connectivity index (χ3n) is 2.20. The van der Waals surface area contributed by atoms with Gasteiger partial charge in [-0.2, -0.15) is 5.10 Å². The van der Waals surface area contributed by atoms with Crippen LogP contribution in [0.1, 0.15) is 26.2 Å². The zero-order chi connectivity index (χ0) is 11.3. The molecule has 1 heterocycles. The molecule has 0 fully saturated rings. The Kier molecular flexibility index (Phi) is 4.30. The number of rotatable bonds is 5. The number of nitrogens with zero attached hydrogens (tertiary/aromatic N) is 2. The first-order valence-corrected chi connectivity index (χ1v) is 5.17. The van der Waals surface area contributed by atoms with E-state index in [1.54, 1.807) is 24.0 Å². The van der Waals surface area contributed by atoms with Crippen molar-refractivity contribution in [3.8, 4) is 0 Å². The summed E-state index contributed by atoms with van der Waals surface area (Å²) in [5.74, 6) is 0.642. The van der Waals surface area contributed by atoms with Crippen LogP contribution < -0.4 is 11.1 Å². The summed E-state index contributed by atoms with van der Waals surface area (Å²) in [6, 6.07) is 1.70. The van der Waals surface area contributed by atoms with Crippen molar-refractivity contribution in [1.29, 1.82) is 0 Å². The minimum absolute atomic E-state index is 0.0526. The molecule has 0 saturated heterocycles. The molecule has 0 radical (unpaired) electrons. The first kappa shape index (κ1) is 11.7. The molecule has 84 valence electrons. The topological polar surface area (TPSA) is 72.9 Å². The van der Waals surface area contributed by atoms with Gasteiger partial charge in [-0.1, -0.05) is 13.3 Å². The minimum atomic E-state index is -0.0560. The fourth-order valence-corrected chi connectivity index (χ4v) is 1.40. The number of aryl methyl sites for hydroxylation is 1. The Bertz CT molecular complexity index is 321. The van der Waals surface area contributed by atoms with E-state index in [4.69, 9.17) is 5.73 Å². The quantitative estimate of drug-likeness (QED) is 0.757. The standard InChI is InChI=1S/C10H18N4O/c1-3-4-8(11)7-10(15)13-9-5-6-12-14(9)2/h5-6,8H,3-4,7,11H2,1-2H3,(H,13,15). The zero-order valence-corrected chi connectivity index (χ0v) is 9.23. The largest absolute Gasteiger partial charge is 0.327 e. The van der Waals surface area contributed by atoms with Crippen LogP contribution in [0.15, 0.2) is 12.3 Å². The monoisotopic (exact) mass is 210 g/mol. The SMILES string of the molecule is CCCC(N)CC(=O)Nc1ccnn1C. The Labute approximate surface area is 89.6 Å². The Balaban J connectivity index is 2.40. The lowest BCUT2D eigenvalue weighted by atomic mass is 10.1. The van der Waals surface area contributed by atoms with E-state index in [0.29, 0.717) is 12.2 Å². The summed E-state index contributed by atoms with van der Waals surface area (Å²) < 4.78 is 1.61. The number of hydrogen-bond acceptors (Lipinski definition) is 3. The Morgan fingerprint density at radius 3 is 3.00 bits per heavy atom. The predicted molar refractivity (Wildman–Crippen MR) is 59.3 cm³/mol. The Morgan fingerprint density at radius 1 is 1.73 bits per heavy atom. The lowest BCUT2D eigenvalue weighted by Gasteiger charge is -2.10. The van der Waals surface area contributed by atoms with E-state index in [9.17, 15) is 4.79 Å². The van der Waals surface area contributed by atoms with Gasteiger partial charge >= 0.3 is 0 Å². The molecule has 1 aromatic heterocycles. The highest BCUT2D eigenvalue weighted by molar-refractivity contribution is 5.90. The van der Waals surface area contributed by atoms with Gasteiger partial charge in [-0.3, -0.25) is 9.48 Å². The Morgan fingerprint density at radius 2 is 2.47 bits per heavy atom. The zero-order valence-electron chi connectivity index (χ0n) is 9.23. The molecular weight excluding hydrogens is 192 g/mol. The number of aromatic nitrogens is 2. The number of amides is 1. The van der Waals surface area contributed by atoms with Crippen LogP contribution in [0, 0.1) is 0 Å². The fraction of sp³-hybridized carbons (Fsp3) is 0.600. The number of carbonyl (C=O) groups is 1. The predicted octanol–water partition coefficient (Wildman–Crippen LogP) is 0.876. The highest BCUT2D eigenvalue weighted by Gasteiger charge is 2.09. The van der Waals surface area contributed by atoms with Crippen molar-refractivity contribution < 1.29 is 4.79 Å². The van der Waals surface area contributed by atoms with Crippen LogP contribution in [0.3, 0.4) is 0 Å². The van der Waals surface area contributed by atoms with Gasteiger partial charge in [-0.15, -0.1) is 0 Å². The Hall–Kier alpha value is -1.36.